The zero-order valence-corrected chi connectivity index (χ0v) is 8.89. The van der Waals surface area contributed by atoms with Crippen molar-refractivity contribution in [2.24, 2.45) is 6.66 Å². The molecule has 1 aromatic heterocycles. The highest BCUT2D eigenvalue weighted by molar-refractivity contribution is 7.46. The molecule has 1 amide bonds. The first kappa shape index (κ1) is 10.1. The van der Waals surface area contributed by atoms with Crippen LogP contribution in [0.5, 0.6) is 5.48 Å². The lowest BCUT2D eigenvalue weighted by atomic mass is 10.3. The van der Waals surface area contributed by atoms with Gasteiger partial charge in [-0.2, -0.15) is 0 Å². The van der Waals surface area contributed by atoms with Gasteiger partial charge >= 0.3 is 0 Å². The molecule has 0 radical (unpaired) electrons. The topological polar surface area (TPSA) is 51.2 Å². The molecule has 1 N–H and O–H groups in total. The monoisotopic (exact) mass is 200 g/mol. The van der Waals surface area contributed by atoms with Crippen LogP contribution in [0.3, 0.4) is 0 Å². The van der Waals surface area contributed by atoms with E-state index in [0.717, 1.165) is 5.48 Å². The first-order chi connectivity index (χ1) is 6.20. The second-order valence-electron chi connectivity index (χ2n) is 2.50. The molecule has 4 nitrogen and oxygen atoms in total. The lowest BCUT2D eigenvalue weighted by molar-refractivity contribution is 0.0960. The first-order valence-electron chi connectivity index (χ1n) is 4.07. The molecule has 0 bridgehead atoms. The van der Waals surface area contributed by atoms with E-state index in [1.165, 1.54) is 0 Å². The van der Waals surface area contributed by atoms with Crippen LogP contribution in [0, 0.1) is 0 Å². The number of aryl methyl sites for hydroxylation is 1. The van der Waals surface area contributed by atoms with Crippen molar-refractivity contribution in [1.82, 2.24) is 10.1 Å². The maximum absolute atomic E-state index is 11.3. The quantitative estimate of drug-likeness (QED) is 0.801. The summed E-state index contributed by atoms with van der Waals surface area (Å²) in [5, 5.41) is 2.56. The molecule has 0 aliphatic rings. The molecule has 1 aromatic rings. The van der Waals surface area contributed by atoms with Crippen molar-refractivity contribution in [3.05, 3.63) is 11.8 Å². The minimum Gasteiger partial charge on any atom is -0.488 e. The van der Waals surface area contributed by atoms with Gasteiger partial charge in [0, 0.05) is 20.9 Å². The van der Waals surface area contributed by atoms with E-state index in [1.807, 2.05) is 13.6 Å². The van der Waals surface area contributed by atoms with Crippen LogP contribution < -0.4 is 10.1 Å². The summed E-state index contributed by atoms with van der Waals surface area (Å²) in [4.78, 5) is 11.3. The largest absolute Gasteiger partial charge is 0.488 e. The van der Waals surface area contributed by atoms with Gasteiger partial charge in [0.1, 0.15) is 5.56 Å². The van der Waals surface area contributed by atoms with Crippen LogP contribution in [0.25, 0.3) is 0 Å². The number of carbonyl (C=O) groups is 1. The van der Waals surface area contributed by atoms with Gasteiger partial charge in [-0.25, -0.2) is 4.75 Å². The molecule has 1 unspecified atom stereocenters. The molecule has 1 atom stereocenters. The summed E-state index contributed by atoms with van der Waals surface area (Å²) in [5.41, 5.74) is 1.30. The van der Waals surface area contributed by atoms with Crippen molar-refractivity contribution in [1.29, 1.82) is 0 Å². The van der Waals surface area contributed by atoms with E-state index in [-0.39, 0.29) is 5.91 Å². The summed E-state index contributed by atoms with van der Waals surface area (Å²) in [6.45, 7) is 4.44. The van der Waals surface area contributed by atoms with Crippen LogP contribution in [-0.2, 0) is 6.66 Å². The number of rotatable bonds is 3. The van der Waals surface area contributed by atoms with Gasteiger partial charge in [-0.3, -0.25) is 4.79 Å². The second-order valence-corrected chi connectivity index (χ2v) is 4.18. The lowest BCUT2D eigenvalue weighted by Crippen LogP contribution is -2.17. The fourth-order valence-corrected chi connectivity index (χ4v) is 2.24. The number of nitrogens with zero attached hydrogens (tertiary/aromatic N) is 1. The first-order valence-corrected chi connectivity index (χ1v) is 5.81. The summed E-state index contributed by atoms with van der Waals surface area (Å²) in [6, 6.07) is 0. The summed E-state index contributed by atoms with van der Waals surface area (Å²) in [5.74, 6) is -0.126. The molecule has 1 heterocycles. The van der Waals surface area contributed by atoms with Crippen molar-refractivity contribution in [3.8, 4) is 5.48 Å². The molecular formula is C8H13N2O2P. The molecule has 0 aliphatic carbocycles. The van der Waals surface area contributed by atoms with Crippen molar-refractivity contribution in [2.45, 2.75) is 6.92 Å². The molecule has 0 fully saturated rings. The van der Waals surface area contributed by atoms with E-state index < -0.39 is 7.69 Å². The Hall–Kier alpha value is -1.02. The predicted octanol–water partition coefficient (Wildman–Crippen LogP) is 1.36. The summed E-state index contributed by atoms with van der Waals surface area (Å²) in [7, 11) is 0.954. The van der Waals surface area contributed by atoms with Crippen molar-refractivity contribution in [3.63, 3.8) is 0 Å². The third-order valence-electron chi connectivity index (χ3n) is 1.64. The molecule has 1 rings (SSSR count). The van der Waals surface area contributed by atoms with Gasteiger partial charge in [0.25, 0.3) is 5.91 Å². The normalized spacial score (nSPS) is 11.2. The average Bonchev–Trinajstić information content (AvgIpc) is 2.48. The summed E-state index contributed by atoms with van der Waals surface area (Å²) in [6.07, 6.45) is 1.59. The van der Waals surface area contributed by atoms with Crippen LogP contribution in [0.1, 0.15) is 17.3 Å². The van der Waals surface area contributed by atoms with Crippen LogP contribution in [0.15, 0.2) is 6.20 Å². The zero-order valence-electron chi connectivity index (χ0n) is 8.00. The number of ether oxygens (including phenoxy) is 1. The van der Waals surface area contributed by atoms with E-state index >= 15 is 0 Å². The molecule has 0 aliphatic heterocycles. The molecule has 5 heteroatoms. The Kier molecular flexibility index (Phi) is 3.32. The number of nitrogens with one attached hydrogen (secondary N) is 1. The van der Waals surface area contributed by atoms with Crippen LogP contribution in [0.2, 0.25) is 0 Å². The number of amides is 1. The Morgan fingerprint density at radius 2 is 2.46 bits per heavy atom. The van der Waals surface area contributed by atoms with E-state index in [9.17, 15) is 4.79 Å². The van der Waals surface area contributed by atoms with Crippen LogP contribution >= 0.6 is 7.69 Å². The standard InChI is InChI=1S/C8H13N2O2P/c1-4-12-8-6(7(11)9-2)5-10-13(8)3/h5H,4H2,1-3H3,(H,9,11). The van der Waals surface area contributed by atoms with Gasteiger partial charge in [0.15, 0.2) is 5.48 Å². The average molecular weight is 200 g/mol. The Bertz CT molecular complexity index is 309. The van der Waals surface area contributed by atoms with E-state index in [4.69, 9.17) is 4.74 Å². The minimum atomic E-state index is -0.646. The molecule has 0 aromatic carbocycles. The number of aromatic nitrogens is 1. The SMILES string of the molecule is CCOc1c(C(=O)NC)cnp1C. The fourth-order valence-electron chi connectivity index (χ4n) is 1.02. The minimum absolute atomic E-state index is 0.126. The van der Waals surface area contributed by atoms with Gasteiger partial charge in [-0.15, -0.1) is 0 Å². The number of hydrogen-bond acceptors (Lipinski definition) is 3. The van der Waals surface area contributed by atoms with E-state index in [0.29, 0.717) is 12.2 Å². The van der Waals surface area contributed by atoms with E-state index in [2.05, 4.69) is 10.1 Å². The van der Waals surface area contributed by atoms with Gasteiger partial charge in [0.2, 0.25) is 0 Å². The smallest absolute Gasteiger partial charge is 0.256 e. The molecule has 0 saturated carbocycles. The van der Waals surface area contributed by atoms with E-state index in [1.54, 1.807) is 13.2 Å². The predicted molar refractivity (Wildman–Crippen MR) is 52.5 cm³/mol. The Balaban J connectivity index is 2.99. The molecule has 0 spiro atoms. The van der Waals surface area contributed by atoms with Gasteiger partial charge in [-0.1, -0.05) is 0 Å². The summed E-state index contributed by atoms with van der Waals surface area (Å²) < 4.78 is 9.54. The van der Waals surface area contributed by atoms with Crippen LogP contribution in [0.4, 0.5) is 0 Å². The van der Waals surface area contributed by atoms with Gasteiger partial charge in [0.05, 0.1) is 6.61 Å². The van der Waals surface area contributed by atoms with Gasteiger partial charge < -0.3 is 10.1 Å². The maximum Gasteiger partial charge on any atom is 0.256 e. The van der Waals surface area contributed by atoms with Crippen LogP contribution in [-0.4, -0.2) is 24.3 Å². The van der Waals surface area contributed by atoms with Gasteiger partial charge in [-0.05, 0) is 13.6 Å². The second kappa shape index (κ2) is 4.28. The number of carbonyl (C=O) groups excluding carboxylic acids is 1. The Labute approximate surface area is 78.4 Å². The van der Waals surface area contributed by atoms with Crippen molar-refractivity contribution in [2.75, 3.05) is 13.7 Å². The van der Waals surface area contributed by atoms with Crippen molar-refractivity contribution >= 4 is 13.6 Å². The number of hydrogen-bond donors (Lipinski definition) is 1. The van der Waals surface area contributed by atoms with Crippen molar-refractivity contribution < 1.29 is 9.53 Å². The third-order valence-corrected chi connectivity index (χ3v) is 3.06. The highest BCUT2D eigenvalue weighted by Gasteiger charge is 2.15. The third kappa shape index (κ3) is 2.01. The Morgan fingerprint density at radius 3 is 3.00 bits per heavy atom. The maximum atomic E-state index is 11.3. The molecule has 13 heavy (non-hydrogen) atoms. The zero-order chi connectivity index (χ0) is 9.84. The molecular weight excluding hydrogens is 187 g/mol. The molecule has 0 saturated heterocycles. The summed E-state index contributed by atoms with van der Waals surface area (Å²) >= 11 is 0. The molecule has 72 valence electrons. The Morgan fingerprint density at radius 1 is 1.77 bits per heavy atom. The lowest BCUT2D eigenvalue weighted by Gasteiger charge is -2.04. The fraction of sp³-hybridized carbons (Fsp3) is 0.500. The highest BCUT2D eigenvalue weighted by Crippen LogP contribution is 2.38. The highest BCUT2D eigenvalue weighted by atomic mass is 31.1.